The van der Waals surface area contributed by atoms with E-state index in [1.807, 2.05) is 0 Å². The van der Waals surface area contributed by atoms with Gasteiger partial charge in [0.25, 0.3) is 0 Å². The molecule has 1 saturated heterocycles. The van der Waals surface area contributed by atoms with Gasteiger partial charge in [0.2, 0.25) is 15.9 Å². The molecular formula is C13H18ClN3O3S. The number of amides is 1. The fourth-order valence-electron chi connectivity index (χ4n) is 2.20. The number of carbonyl (C=O) groups is 1. The van der Waals surface area contributed by atoms with Gasteiger partial charge in [-0.1, -0.05) is 11.6 Å². The molecular weight excluding hydrogens is 314 g/mol. The van der Waals surface area contributed by atoms with E-state index < -0.39 is 10.0 Å². The Labute approximate surface area is 129 Å². The third-order valence-corrected chi connectivity index (χ3v) is 4.15. The average molecular weight is 332 g/mol. The second-order valence-corrected chi connectivity index (χ2v) is 7.24. The van der Waals surface area contributed by atoms with Crippen molar-refractivity contribution in [2.24, 2.45) is 5.92 Å². The second kappa shape index (κ2) is 6.64. The Balaban J connectivity index is 2.04. The smallest absolute Gasteiger partial charge is 0.229 e. The molecule has 0 spiro atoms. The Morgan fingerprint density at radius 2 is 2.00 bits per heavy atom. The first kappa shape index (κ1) is 16.1. The molecule has 0 unspecified atom stereocenters. The van der Waals surface area contributed by atoms with Crippen LogP contribution in [0.15, 0.2) is 18.2 Å². The standard InChI is InChI=1S/C13H18ClN3O3S/c1-21(19,20)17-12-3-2-10(8-11(12)14)16-13(18)9-4-6-15-7-5-9/h2-3,8-9,15,17H,4-7H2,1H3,(H,16,18). The van der Waals surface area contributed by atoms with Crippen LogP contribution in [0.3, 0.4) is 0 Å². The molecule has 3 N–H and O–H groups in total. The van der Waals surface area contributed by atoms with Crippen molar-refractivity contribution >= 4 is 38.9 Å². The topological polar surface area (TPSA) is 87.3 Å². The number of benzene rings is 1. The summed E-state index contributed by atoms with van der Waals surface area (Å²) < 4.78 is 24.7. The molecule has 0 aromatic heterocycles. The molecule has 1 aromatic carbocycles. The maximum absolute atomic E-state index is 12.1. The van der Waals surface area contributed by atoms with Crippen LogP contribution in [0.4, 0.5) is 11.4 Å². The molecule has 0 radical (unpaired) electrons. The number of sulfonamides is 1. The quantitative estimate of drug-likeness (QED) is 0.783. The summed E-state index contributed by atoms with van der Waals surface area (Å²) in [7, 11) is -3.38. The highest BCUT2D eigenvalue weighted by Crippen LogP contribution is 2.27. The van der Waals surface area contributed by atoms with Crippen LogP contribution >= 0.6 is 11.6 Å². The van der Waals surface area contributed by atoms with E-state index in [2.05, 4.69) is 15.4 Å². The first-order valence-electron chi connectivity index (χ1n) is 6.64. The zero-order valence-electron chi connectivity index (χ0n) is 11.6. The molecule has 1 heterocycles. The normalized spacial score (nSPS) is 16.5. The van der Waals surface area contributed by atoms with Gasteiger partial charge in [-0.05, 0) is 44.1 Å². The number of halogens is 1. The first-order chi connectivity index (χ1) is 9.85. The van der Waals surface area contributed by atoms with Gasteiger partial charge in [0.1, 0.15) is 0 Å². The molecule has 0 aliphatic carbocycles. The van der Waals surface area contributed by atoms with E-state index in [9.17, 15) is 13.2 Å². The van der Waals surface area contributed by atoms with Crippen LogP contribution in [0.1, 0.15) is 12.8 Å². The number of carbonyl (C=O) groups excluding carboxylic acids is 1. The van der Waals surface area contributed by atoms with Crippen molar-refractivity contribution in [2.45, 2.75) is 12.8 Å². The first-order valence-corrected chi connectivity index (χ1v) is 8.91. The predicted molar refractivity (Wildman–Crippen MR) is 84.1 cm³/mol. The molecule has 1 aliphatic rings. The van der Waals surface area contributed by atoms with E-state index in [0.29, 0.717) is 11.4 Å². The summed E-state index contributed by atoms with van der Waals surface area (Å²) in [4.78, 5) is 12.1. The number of hydrogen-bond acceptors (Lipinski definition) is 4. The summed E-state index contributed by atoms with van der Waals surface area (Å²) in [5, 5.41) is 6.26. The van der Waals surface area contributed by atoms with E-state index in [1.54, 1.807) is 6.07 Å². The summed E-state index contributed by atoms with van der Waals surface area (Å²) in [6, 6.07) is 4.69. The lowest BCUT2D eigenvalue weighted by Gasteiger charge is -2.21. The zero-order chi connectivity index (χ0) is 15.5. The van der Waals surface area contributed by atoms with Gasteiger partial charge in [-0.2, -0.15) is 0 Å². The molecule has 2 rings (SSSR count). The van der Waals surface area contributed by atoms with Gasteiger partial charge in [0, 0.05) is 11.6 Å². The van der Waals surface area contributed by atoms with Crippen LogP contribution in [0.5, 0.6) is 0 Å². The molecule has 8 heteroatoms. The highest BCUT2D eigenvalue weighted by molar-refractivity contribution is 7.92. The molecule has 1 aliphatic heterocycles. The lowest BCUT2D eigenvalue weighted by molar-refractivity contribution is -0.120. The minimum Gasteiger partial charge on any atom is -0.326 e. The summed E-state index contributed by atoms with van der Waals surface area (Å²) >= 11 is 6.02. The van der Waals surface area contributed by atoms with Gasteiger partial charge >= 0.3 is 0 Å². The number of nitrogens with one attached hydrogen (secondary N) is 3. The average Bonchev–Trinajstić information content (AvgIpc) is 2.41. The summed E-state index contributed by atoms with van der Waals surface area (Å²) in [5.74, 6) is -0.0322. The third-order valence-electron chi connectivity index (χ3n) is 3.24. The van der Waals surface area contributed by atoms with Crippen molar-refractivity contribution in [1.82, 2.24) is 5.32 Å². The van der Waals surface area contributed by atoms with Crippen molar-refractivity contribution < 1.29 is 13.2 Å². The lowest BCUT2D eigenvalue weighted by atomic mass is 9.97. The Morgan fingerprint density at radius 3 is 2.57 bits per heavy atom. The maximum Gasteiger partial charge on any atom is 0.229 e. The fourth-order valence-corrected chi connectivity index (χ4v) is 3.07. The molecule has 0 atom stereocenters. The molecule has 0 bridgehead atoms. The van der Waals surface area contributed by atoms with Crippen LogP contribution in [0.25, 0.3) is 0 Å². The van der Waals surface area contributed by atoms with Gasteiger partial charge in [0.05, 0.1) is 17.0 Å². The summed E-state index contributed by atoms with van der Waals surface area (Å²) in [6.07, 6.45) is 2.68. The van der Waals surface area contributed by atoms with E-state index >= 15 is 0 Å². The van der Waals surface area contributed by atoms with Crippen molar-refractivity contribution in [3.05, 3.63) is 23.2 Å². The Bertz CT molecular complexity index is 628. The van der Waals surface area contributed by atoms with Crippen LogP contribution in [0, 0.1) is 5.92 Å². The van der Waals surface area contributed by atoms with Gasteiger partial charge in [-0.3, -0.25) is 9.52 Å². The van der Waals surface area contributed by atoms with Crippen LogP contribution in [-0.2, 0) is 14.8 Å². The number of hydrogen-bond donors (Lipinski definition) is 3. The Hall–Kier alpha value is -1.31. The minimum absolute atomic E-state index is 0.00107. The van der Waals surface area contributed by atoms with Crippen LogP contribution in [-0.4, -0.2) is 33.7 Å². The highest BCUT2D eigenvalue weighted by atomic mass is 35.5. The van der Waals surface area contributed by atoms with Gasteiger partial charge in [-0.25, -0.2) is 8.42 Å². The van der Waals surface area contributed by atoms with Gasteiger partial charge in [-0.15, -0.1) is 0 Å². The Morgan fingerprint density at radius 1 is 1.33 bits per heavy atom. The third kappa shape index (κ3) is 4.87. The fraction of sp³-hybridized carbons (Fsp3) is 0.462. The monoisotopic (exact) mass is 331 g/mol. The molecule has 1 amide bonds. The van der Waals surface area contributed by atoms with Gasteiger partial charge in [0.15, 0.2) is 0 Å². The lowest BCUT2D eigenvalue weighted by Crippen LogP contribution is -2.34. The maximum atomic E-state index is 12.1. The van der Waals surface area contributed by atoms with E-state index in [-0.39, 0.29) is 16.8 Å². The molecule has 21 heavy (non-hydrogen) atoms. The van der Waals surface area contributed by atoms with Crippen LogP contribution < -0.4 is 15.4 Å². The second-order valence-electron chi connectivity index (χ2n) is 5.08. The van der Waals surface area contributed by atoms with E-state index in [1.165, 1.54) is 12.1 Å². The minimum atomic E-state index is -3.38. The highest BCUT2D eigenvalue weighted by Gasteiger charge is 2.21. The molecule has 1 fully saturated rings. The molecule has 6 nitrogen and oxygen atoms in total. The number of rotatable bonds is 4. The largest absolute Gasteiger partial charge is 0.326 e. The summed E-state index contributed by atoms with van der Waals surface area (Å²) in [5.41, 5.74) is 0.849. The molecule has 0 saturated carbocycles. The summed E-state index contributed by atoms with van der Waals surface area (Å²) in [6.45, 7) is 1.69. The van der Waals surface area contributed by atoms with Crippen molar-refractivity contribution in [2.75, 3.05) is 29.4 Å². The predicted octanol–water partition coefficient (Wildman–Crippen LogP) is 1.65. The van der Waals surface area contributed by atoms with Crippen molar-refractivity contribution in [3.8, 4) is 0 Å². The van der Waals surface area contributed by atoms with Gasteiger partial charge < -0.3 is 10.6 Å². The van der Waals surface area contributed by atoms with E-state index in [4.69, 9.17) is 11.6 Å². The molecule has 1 aromatic rings. The van der Waals surface area contributed by atoms with Crippen LogP contribution in [0.2, 0.25) is 5.02 Å². The Kier molecular flexibility index (Phi) is 5.08. The SMILES string of the molecule is CS(=O)(=O)Nc1ccc(NC(=O)C2CCNCC2)cc1Cl. The molecule has 116 valence electrons. The van der Waals surface area contributed by atoms with E-state index in [0.717, 1.165) is 32.2 Å². The number of anilines is 2. The zero-order valence-corrected chi connectivity index (χ0v) is 13.2. The van der Waals surface area contributed by atoms with Crippen molar-refractivity contribution in [1.29, 1.82) is 0 Å². The number of piperidine rings is 1. The van der Waals surface area contributed by atoms with Crippen molar-refractivity contribution in [3.63, 3.8) is 0 Å².